The van der Waals surface area contributed by atoms with Gasteiger partial charge in [-0.2, -0.15) is 0 Å². The van der Waals surface area contributed by atoms with Crippen molar-refractivity contribution in [2.75, 3.05) is 26.3 Å². The third-order valence-corrected chi connectivity index (χ3v) is 1.59. The second kappa shape index (κ2) is 7.55. The van der Waals surface area contributed by atoms with Crippen molar-refractivity contribution in [2.45, 2.75) is 6.92 Å². The van der Waals surface area contributed by atoms with Gasteiger partial charge in [-0.15, -0.1) is 0 Å². The van der Waals surface area contributed by atoms with Gasteiger partial charge in [0.25, 0.3) is 0 Å². The van der Waals surface area contributed by atoms with Gasteiger partial charge in [-0.3, -0.25) is 4.79 Å². The molecule has 1 aliphatic heterocycles. The molecule has 0 atom stereocenters. The van der Waals surface area contributed by atoms with Crippen molar-refractivity contribution in [3.8, 4) is 0 Å². The maximum Gasteiger partial charge on any atom is 0.152 e. The average Bonchev–Trinajstić information content (AvgIpc) is 2.20. The standard InChI is InChI=1S/C6H11NO.C4H6O/c1-2-7-3-5-8-6-4-7;1-3-4(2)5/h2H,1,3-6H2;3H,1H2,2H3. The summed E-state index contributed by atoms with van der Waals surface area (Å²) >= 11 is 0. The van der Waals surface area contributed by atoms with E-state index < -0.39 is 0 Å². The van der Waals surface area contributed by atoms with Crippen LogP contribution in [-0.2, 0) is 9.53 Å². The fraction of sp³-hybridized carbons (Fsp3) is 0.500. The van der Waals surface area contributed by atoms with Gasteiger partial charge in [-0.25, -0.2) is 0 Å². The minimum absolute atomic E-state index is 0.0185. The van der Waals surface area contributed by atoms with E-state index in [1.165, 1.54) is 13.0 Å². The predicted molar refractivity (Wildman–Crippen MR) is 53.5 cm³/mol. The van der Waals surface area contributed by atoms with Gasteiger partial charge >= 0.3 is 0 Å². The number of hydrogen-bond acceptors (Lipinski definition) is 3. The van der Waals surface area contributed by atoms with Crippen LogP contribution in [0.5, 0.6) is 0 Å². The Morgan fingerprint density at radius 1 is 1.38 bits per heavy atom. The van der Waals surface area contributed by atoms with Crippen molar-refractivity contribution < 1.29 is 9.53 Å². The molecule has 3 nitrogen and oxygen atoms in total. The summed E-state index contributed by atoms with van der Waals surface area (Å²) in [6.07, 6.45) is 3.14. The van der Waals surface area contributed by atoms with Crippen molar-refractivity contribution in [3.05, 3.63) is 25.4 Å². The normalized spacial score (nSPS) is 15.3. The Kier molecular flexibility index (Phi) is 6.92. The summed E-state index contributed by atoms with van der Waals surface area (Å²) in [6.45, 7) is 12.0. The van der Waals surface area contributed by atoms with Crippen LogP contribution in [0.1, 0.15) is 6.92 Å². The summed E-state index contributed by atoms with van der Waals surface area (Å²) in [5.74, 6) is 0.0185. The first kappa shape index (κ1) is 11.9. The number of carbonyl (C=O) groups is 1. The number of nitrogens with zero attached hydrogens (tertiary/aromatic N) is 1. The Hall–Kier alpha value is -1.09. The van der Waals surface area contributed by atoms with E-state index in [-0.39, 0.29) is 5.78 Å². The molecule has 0 aromatic heterocycles. The van der Waals surface area contributed by atoms with Gasteiger partial charge in [-0.05, 0) is 19.2 Å². The molecular formula is C10H17NO2. The molecule has 1 heterocycles. The lowest BCUT2D eigenvalue weighted by atomic mass is 10.5. The number of carbonyl (C=O) groups excluding carboxylic acids is 1. The molecule has 0 spiro atoms. The Bertz CT molecular complexity index is 172. The highest BCUT2D eigenvalue weighted by molar-refractivity contribution is 5.86. The topological polar surface area (TPSA) is 29.5 Å². The first-order valence-electron chi connectivity index (χ1n) is 4.28. The van der Waals surface area contributed by atoms with E-state index in [1.807, 2.05) is 6.20 Å². The van der Waals surface area contributed by atoms with Crippen molar-refractivity contribution in [1.29, 1.82) is 0 Å². The van der Waals surface area contributed by atoms with Crippen LogP contribution in [0.2, 0.25) is 0 Å². The van der Waals surface area contributed by atoms with E-state index in [0.29, 0.717) is 0 Å². The Balaban J connectivity index is 0.000000252. The van der Waals surface area contributed by atoms with Crippen molar-refractivity contribution in [3.63, 3.8) is 0 Å². The highest BCUT2D eigenvalue weighted by Crippen LogP contribution is 1.94. The van der Waals surface area contributed by atoms with Gasteiger partial charge < -0.3 is 9.64 Å². The SMILES string of the molecule is C=CC(C)=O.C=CN1CCOCC1. The monoisotopic (exact) mass is 183 g/mol. The number of allylic oxidation sites excluding steroid dienone is 1. The van der Waals surface area contributed by atoms with Crippen LogP contribution < -0.4 is 0 Å². The van der Waals surface area contributed by atoms with E-state index in [4.69, 9.17) is 4.74 Å². The van der Waals surface area contributed by atoms with Crippen LogP contribution in [0, 0.1) is 0 Å². The molecule has 13 heavy (non-hydrogen) atoms. The first-order chi connectivity index (χ1) is 6.20. The molecule has 0 bridgehead atoms. The second-order valence-corrected chi connectivity index (χ2v) is 2.65. The Morgan fingerprint density at radius 3 is 2.08 bits per heavy atom. The molecule has 3 heteroatoms. The van der Waals surface area contributed by atoms with Crippen molar-refractivity contribution in [1.82, 2.24) is 4.90 Å². The van der Waals surface area contributed by atoms with E-state index in [9.17, 15) is 4.79 Å². The molecule has 0 aliphatic carbocycles. The number of morpholine rings is 1. The fourth-order valence-electron chi connectivity index (χ4n) is 0.760. The molecule has 0 saturated carbocycles. The van der Waals surface area contributed by atoms with Gasteiger partial charge in [0.2, 0.25) is 0 Å². The zero-order chi connectivity index (χ0) is 10.1. The van der Waals surface area contributed by atoms with E-state index in [2.05, 4.69) is 18.1 Å². The lowest BCUT2D eigenvalue weighted by Crippen LogP contribution is -2.31. The third-order valence-electron chi connectivity index (χ3n) is 1.59. The summed E-state index contributed by atoms with van der Waals surface area (Å²) in [7, 11) is 0. The molecule has 74 valence electrons. The predicted octanol–water partition coefficient (Wildman–Crippen LogP) is 1.22. The first-order valence-corrected chi connectivity index (χ1v) is 4.28. The quantitative estimate of drug-likeness (QED) is 0.603. The lowest BCUT2D eigenvalue weighted by molar-refractivity contribution is -0.112. The van der Waals surface area contributed by atoms with E-state index >= 15 is 0 Å². The van der Waals surface area contributed by atoms with Gasteiger partial charge in [0.1, 0.15) is 0 Å². The van der Waals surface area contributed by atoms with E-state index in [0.717, 1.165) is 26.3 Å². The summed E-state index contributed by atoms with van der Waals surface area (Å²) in [4.78, 5) is 11.9. The largest absolute Gasteiger partial charge is 0.378 e. The minimum Gasteiger partial charge on any atom is -0.378 e. The third kappa shape index (κ3) is 7.28. The Labute approximate surface area is 79.7 Å². The highest BCUT2D eigenvalue weighted by Gasteiger charge is 2.02. The van der Waals surface area contributed by atoms with Gasteiger partial charge in [0, 0.05) is 13.1 Å². The zero-order valence-electron chi connectivity index (χ0n) is 8.16. The molecule has 1 fully saturated rings. The molecule has 0 unspecified atom stereocenters. The average molecular weight is 183 g/mol. The molecule has 1 aliphatic rings. The number of ether oxygens (including phenoxy) is 1. The van der Waals surface area contributed by atoms with E-state index in [1.54, 1.807) is 0 Å². The van der Waals surface area contributed by atoms with Crippen LogP contribution in [0.15, 0.2) is 25.4 Å². The van der Waals surface area contributed by atoms with Crippen molar-refractivity contribution in [2.24, 2.45) is 0 Å². The van der Waals surface area contributed by atoms with Gasteiger partial charge in [-0.1, -0.05) is 13.2 Å². The Morgan fingerprint density at radius 2 is 1.85 bits per heavy atom. The maximum atomic E-state index is 9.69. The summed E-state index contributed by atoms with van der Waals surface area (Å²) < 4.78 is 5.11. The maximum absolute atomic E-state index is 9.69. The van der Waals surface area contributed by atoms with Crippen molar-refractivity contribution >= 4 is 5.78 Å². The molecule has 0 radical (unpaired) electrons. The molecule has 0 amide bonds. The molecule has 0 aromatic rings. The molecule has 1 saturated heterocycles. The molecular weight excluding hydrogens is 166 g/mol. The molecule has 0 aromatic carbocycles. The summed E-state index contributed by atoms with van der Waals surface area (Å²) in [6, 6.07) is 0. The lowest BCUT2D eigenvalue weighted by Gasteiger charge is -2.24. The van der Waals surface area contributed by atoms with Crippen LogP contribution in [-0.4, -0.2) is 37.0 Å². The second-order valence-electron chi connectivity index (χ2n) is 2.65. The molecule has 1 rings (SSSR count). The minimum atomic E-state index is 0.0185. The summed E-state index contributed by atoms with van der Waals surface area (Å²) in [5.41, 5.74) is 0. The molecule has 0 N–H and O–H groups in total. The smallest absolute Gasteiger partial charge is 0.152 e. The van der Waals surface area contributed by atoms with Gasteiger partial charge in [0.15, 0.2) is 5.78 Å². The zero-order valence-corrected chi connectivity index (χ0v) is 8.16. The van der Waals surface area contributed by atoms with Crippen LogP contribution >= 0.6 is 0 Å². The van der Waals surface area contributed by atoms with Gasteiger partial charge in [0.05, 0.1) is 13.2 Å². The van der Waals surface area contributed by atoms with Crippen LogP contribution in [0.4, 0.5) is 0 Å². The number of hydrogen-bond donors (Lipinski definition) is 0. The number of ketones is 1. The highest BCUT2D eigenvalue weighted by atomic mass is 16.5. The number of rotatable bonds is 2. The van der Waals surface area contributed by atoms with Crippen LogP contribution in [0.25, 0.3) is 0 Å². The fourth-order valence-corrected chi connectivity index (χ4v) is 0.760. The summed E-state index contributed by atoms with van der Waals surface area (Å²) in [5, 5.41) is 0. The van der Waals surface area contributed by atoms with Crippen LogP contribution in [0.3, 0.4) is 0 Å².